The van der Waals surface area contributed by atoms with E-state index in [4.69, 9.17) is 26.2 Å². The molecule has 0 saturated heterocycles. The monoisotopic (exact) mass is 209 g/mol. The lowest BCUT2D eigenvalue weighted by atomic mass is 10.1. The summed E-state index contributed by atoms with van der Waals surface area (Å²) in [7, 11) is 0. The van der Waals surface area contributed by atoms with Crippen molar-refractivity contribution in [1.82, 2.24) is 0 Å². The van der Waals surface area contributed by atoms with Crippen molar-refractivity contribution >= 4 is 5.97 Å². The van der Waals surface area contributed by atoms with Crippen molar-refractivity contribution in [3.63, 3.8) is 0 Å². The first-order chi connectivity index (χ1) is 6.41. The average Bonchev–Trinajstić information content (AvgIpc) is 2.03. The van der Waals surface area contributed by atoms with Crippen molar-refractivity contribution in [3.8, 4) is 0 Å². The Labute approximate surface area is 80.6 Å². The van der Waals surface area contributed by atoms with Crippen LogP contribution in [0.1, 0.15) is 19.3 Å². The minimum absolute atomic E-state index is 0.466. The number of aliphatic carboxylic acids is 1. The summed E-state index contributed by atoms with van der Waals surface area (Å²) < 4.78 is 0. The summed E-state index contributed by atoms with van der Waals surface area (Å²) >= 11 is 0. The smallest absolute Gasteiger partial charge is 0.362 e. The zero-order valence-electron chi connectivity index (χ0n) is 7.72. The largest absolute Gasteiger partial charge is 0.477 e. The van der Waals surface area contributed by atoms with Gasteiger partial charge in [0.2, 0.25) is 0 Å². The molecule has 0 heterocycles. The van der Waals surface area contributed by atoms with Crippen molar-refractivity contribution in [2.75, 3.05) is 6.54 Å². The van der Waals surface area contributed by atoms with Gasteiger partial charge in [-0.25, -0.2) is 4.79 Å². The number of unbranched alkanes of at least 4 members (excludes halogenated alkanes) is 1. The van der Waals surface area contributed by atoms with E-state index in [1.165, 1.54) is 0 Å². The van der Waals surface area contributed by atoms with Crippen LogP contribution in [0.4, 0.5) is 0 Å². The zero-order chi connectivity index (χ0) is 11.6. The van der Waals surface area contributed by atoms with Gasteiger partial charge >= 0.3 is 5.97 Å². The van der Waals surface area contributed by atoms with Crippen molar-refractivity contribution in [2.45, 2.75) is 25.3 Å². The second-order valence-corrected chi connectivity index (χ2v) is 2.54. The molecular weight excluding hydrogens is 194 g/mol. The van der Waals surface area contributed by atoms with Gasteiger partial charge in [-0.05, 0) is 19.4 Å². The lowest BCUT2D eigenvalue weighted by molar-refractivity contribution is -0.409. The average molecular weight is 209 g/mol. The molecule has 0 rings (SSSR count). The molecule has 0 amide bonds. The number of nitrogens with two attached hydrogens (primary N) is 1. The molecule has 0 spiro atoms. The summed E-state index contributed by atoms with van der Waals surface area (Å²) in [4.78, 5) is 18.4. The number of carboxylic acids is 1. The lowest BCUT2D eigenvalue weighted by Crippen LogP contribution is -2.64. The van der Waals surface area contributed by atoms with E-state index in [9.17, 15) is 4.79 Å². The predicted molar refractivity (Wildman–Crippen MR) is 47.6 cm³/mol. The number of nitrogens with zero attached hydrogens (tertiary/aromatic N) is 1. The molecule has 0 aromatic heterocycles. The third-order valence-electron chi connectivity index (χ3n) is 1.36. The van der Waals surface area contributed by atoms with E-state index in [1.54, 1.807) is 0 Å². The van der Waals surface area contributed by atoms with Crippen LogP contribution in [0.3, 0.4) is 0 Å². The van der Waals surface area contributed by atoms with E-state index < -0.39 is 17.1 Å². The normalized spacial score (nSPS) is 11.0. The fourth-order valence-corrected chi connectivity index (χ4v) is 0.659. The Bertz CT molecular complexity index is 171. The van der Waals surface area contributed by atoms with Crippen LogP contribution < -0.4 is 11.5 Å². The highest BCUT2D eigenvalue weighted by atomic mass is 16.9. The van der Waals surface area contributed by atoms with E-state index in [2.05, 4.69) is 5.73 Å². The molecule has 0 unspecified atom stereocenters. The molecular formula is C6H15N3O5. The second-order valence-electron chi connectivity index (χ2n) is 2.54. The molecule has 1 atom stereocenters. The van der Waals surface area contributed by atoms with Gasteiger partial charge in [-0.3, -0.25) is 0 Å². The Hall–Kier alpha value is -1.41. The van der Waals surface area contributed by atoms with Crippen LogP contribution in [0, 0.1) is 15.3 Å². The van der Waals surface area contributed by atoms with Gasteiger partial charge in [-0.1, -0.05) is 0 Å². The molecule has 0 radical (unpaired) electrons. The minimum Gasteiger partial charge on any atom is -0.477 e. The molecule has 0 aromatic rings. The minimum atomic E-state index is -1.75. The molecule has 0 aliphatic rings. The van der Waals surface area contributed by atoms with Crippen LogP contribution in [-0.2, 0) is 4.79 Å². The van der Waals surface area contributed by atoms with Gasteiger partial charge in [0.05, 0.1) is 5.09 Å². The maximum atomic E-state index is 10.2. The van der Waals surface area contributed by atoms with Crippen molar-refractivity contribution in [3.05, 3.63) is 15.3 Å². The Balaban J connectivity index is 0. The van der Waals surface area contributed by atoms with Crippen molar-refractivity contribution in [1.29, 1.82) is 0 Å². The highest BCUT2D eigenvalue weighted by Crippen LogP contribution is 1.95. The number of quaternary nitrogens is 1. The van der Waals surface area contributed by atoms with Crippen LogP contribution in [0.5, 0.6) is 0 Å². The van der Waals surface area contributed by atoms with Crippen LogP contribution in [0.25, 0.3) is 0 Å². The standard InChI is InChI=1S/C6H14N2O2.NO3/c7-4-2-1-3-5(8)6(9)10;2-1(3)4/h5H,1-4,7-8H2,(H,9,10);/q;-1/p+1/t5-;/m0./s1. The molecule has 84 valence electrons. The quantitative estimate of drug-likeness (QED) is 0.286. The second kappa shape index (κ2) is 9.68. The molecule has 0 saturated carbocycles. The van der Waals surface area contributed by atoms with Gasteiger partial charge in [0, 0.05) is 6.42 Å². The van der Waals surface area contributed by atoms with Gasteiger partial charge in [-0.15, -0.1) is 0 Å². The molecule has 0 bridgehead atoms. The highest BCUT2D eigenvalue weighted by molar-refractivity contribution is 5.71. The molecule has 0 aliphatic carbocycles. The summed E-state index contributed by atoms with van der Waals surface area (Å²) in [6.45, 7) is 0.631. The van der Waals surface area contributed by atoms with Crippen LogP contribution in [0.15, 0.2) is 0 Å². The van der Waals surface area contributed by atoms with E-state index in [0.717, 1.165) is 12.8 Å². The Morgan fingerprint density at radius 3 is 2.21 bits per heavy atom. The Kier molecular flexibility index (Phi) is 10.4. The number of rotatable bonds is 5. The summed E-state index contributed by atoms with van der Waals surface area (Å²) in [5, 5.41) is 23.1. The molecule has 0 fully saturated rings. The van der Waals surface area contributed by atoms with Crippen LogP contribution >= 0.6 is 0 Å². The number of carbonyl (C=O) groups is 1. The van der Waals surface area contributed by atoms with E-state index in [-0.39, 0.29) is 0 Å². The van der Waals surface area contributed by atoms with Gasteiger partial charge in [0.15, 0.2) is 6.04 Å². The first-order valence-corrected chi connectivity index (χ1v) is 3.99. The molecule has 8 nitrogen and oxygen atoms in total. The zero-order valence-corrected chi connectivity index (χ0v) is 7.72. The summed E-state index contributed by atoms with van der Waals surface area (Å²) in [6, 6.07) is -0.466. The summed E-state index contributed by atoms with van der Waals surface area (Å²) in [6.07, 6.45) is 2.38. The topological polar surface area (TPSA) is 157 Å². The first-order valence-electron chi connectivity index (χ1n) is 3.99. The molecule has 6 N–H and O–H groups in total. The highest BCUT2D eigenvalue weighted by Gasteiger charge is 2.13. The van der Waals surface area contributed by atoms with E-state index in [1.807, 2.05) is 0 Å². The van der Waals surface area contributed by atoms with E-state index >= 15 is 0 Å². The van der Waals surface area contributed by atoms with Gasteiger partial charge in [-0.2, -0.15) is 0 Å². The van der Waals surface area contributed by atoms with Crippen molar-refractivity contribution in [2.24, 2.45) is 5.73 Å². The van der Waals surface area contributed by atoms with Gasteiger partial charge < -0.3 is 31.9 Å². The number of hydrogen-bond donors (Lipinski definition) is 3. The van der Waals surface area contributed by atoms with Crippen LogP contribution in [-0.4, -0.2) is 28.7 Å². The third-order valence-corrected chi connectivity index (χ3v) is 1.36. The Morgan fingerprint density at radius 1 is 1.50 bits per heavy atom. The van der Waals surface area contributed by atoms with E-state index in [0.29, 0.717) is 13.0 Å². The van der Waals surface area contributed by atoms with Crippen molar-refractivity contribution < 1.29 is 20.7 Å². The maximum Gasteiger partial charge on any atom is 0.362 e. The third kappa shape index (κ3) is 16.9. The summed E-state index contributed by atoms with van der Waals surface area (Å²) in [5.74, 6) is -0.822. The summed E-state index contributed by atoms with van der Waals surface area (Å²) in [5.41, 5.74) is 8.69. The molecule has 0 aliphatic heterocycles. The predicted octanol–water partition coefficient (Wildman–Crippen LogP) is -1.43. The van der Waals surface area contributed by atoms with Crippen LogP contribution in [0.2, 0.25) is 0 Å². The Morgan fingerprint density at radius 2 is 1.93 bits per heavy atom. The first kappa shape index (κ1) is 15.1. The molecule has 0 aromatic carbocycles. The number of hydrogen-bond acceptors (Lipinski definition) is 5. The SMILES string of the molecule is NCCCC[C@H]([NH3+])C(=O)O.O=[N+]([O-])[O-]. The van der Waals surface area contributed by atoms with Gasteiger partial charge in [0.25, 0.3) is 0 Å². The lowest BCUT2D eigenvalue weighted by Gasteiger charge is -2.00. The molecule has 8 heteroatoms. The molecule has 14 heavy (non-hydrogen) atoms. The fourth-order valence-electron chi connectivity index (χ4n) is 0.659. The number of carboxylic acid groups (broad SMARTS) is 1. The fraction of sp³-hybridized carbons (Fsp3) is 0.833. The maximum absolute atomic E-state index is 10.2. The van der Waals surface area contributed by atoms with Gasteiger partial charge in [0.1, 0.15) is 0 Å².